The van der Waals surface area contributed by atoms with Crippen molar-refractivity contribution in [3.63, 3.8) is 0 Å². The monoisotopic (exact) mass is 302 g/mol. The van der Waals surface area contributed by atoms with Gasteiger partial charge in [-0.05, 0) is 26.3 Å². The second-order valence-electron chi connectivity index (χ2n) is 5.56. The first kappa shape index (κ1) is 17.7. The Morgan fingerprint density at radius 1 is 1.41 bits per heavy atom. The molecule has 1 rings (SSSR count). The van der Waals surface area contributed by atoms with Crippen LogP contribution in [0.4, 0.5) is 0 Å². The Kier molecular flexibility index (Phi) is 6.61. The highest BCUT2D eigenvalue weighted by Gasteiger charge is 2.25. The second-order valence-corrected chi connectivity index (χ2v) is 5.56. The van der Waals surface area contributed by atoms with Crippen LogP contribution in [0.5, 0.6) is 0 Å². The lowest BCUT2D eigenvalue weighted by atomic mass is 10.1. The highest BCUT2D eigenvalue weighted by atomic mass is 16.5. The molecule has 0 fully saturated rings. The molecule has 5 heteroatoms. The summed E-state index contributed by atoms with van der Waals surface area (Å²) in [5.74, 6) is -0.457. The Labute approximate surface area is 131 Å². The average Bonchev–Trinajstić information content (AvgIpc) is 2.47. The summed E-state index contributed by atoms with van der Waals surface area (Å²) >= 11 is 0. The Balaban J connectivity index is 2.99. The fourth-order valence-corrected chi connectivity index (χ4v) is 1.93. The molecule has 0 heterocycles. The molecule has 0 bridgehead atoms. The summed E-state index contributed by atoms with van der Waals surface area (Å²) in [7, 11) is 0. The van der Waals surface area contributed by atoms with Crippen LogP contribution in [0.15, 0.2) is 42.2 Å². The SMILES string of the molecule is CCO/C=C(/C#N)C(=O)N(Cc1ccccc1)CC(C)(C)O. The Bertz CT molecular complexity index is 554. The maximum atomic E-state index is 12.5. The van der Waals surface area contributed by atoms with Crippen LogP contribution in [-0.2, 0) is 16.1 Å². The number of hydrogen-bond donors (Lipinski definition) is 1. The van der Waals surface area contributed by atoms with Crippen LogP contribution >= 0.6 is 0 Å². The Hall–Kier alpha value is -2.32. The first-order chi connectivity index (χ1) is 10.4. The third-order valence-corrected chi connectivity index (χ3v) is 2.80. The van der Waals surface area contributed by atoms with E-state index in [0.717, 1.165) is 5.56 Å². The molecule has 1 aromatic carbocycles. The molecule has 22 heavy (non-hydrogen) atoms. The molecule has 1 aromatic rings. The van der Waals surface area contributed by atoms with E-state index < -0.39 is 11.5 Å². The summed E-state index contributed by atoms with van der Waals surface area (Å²) in [5, 5.41) is 19.1. The van der Waals surface area contributed by atoms with E-state index in [0.29, 0.717) is 13.2 Å². The number of aliphatic hydroxyl groups is 1. The lowest BCUT2D eigenvalue weighted by molar-refractivity contribution is -0.130. The second kappa shape index (κ2) is 8.20. The van der Waals surface area contributed by atoms with E-state index in [1.54, 1.807) is 20.8 Å². The summed E-state index contributed by atoms with van der Waals surface area (Å²) in [6.45, 7) is 5.82. The highest BCUT2D eigenvalue weighted by Crippen LogP contribution is 2.13. The van der Waals surface area contributed by atoms with Gasteiger partial charge in [0.05, 0.1) is 12.2 Å². The van der Waals surface area contributed by atoms with Gasteiger partial charge in [-0.2, -0.15) is 5.26 Å². The normalized spacial score (nSPS) is 11.7. The average molecular weight is 302 g/mol. The van der Waals surface area contributed by atoms with Gasteiger partial charge in [0.25, 0.3) is 5.91 Å². The van der Waals surface area contributed by atoms with Gasteiger partial charge in [-0.15, -0.1) is 0 Å². The number of ether oxygens (including phenoxy) is 1. The summed E-state index contributed by atoms with van der Waals surface area (Å²) in [4.78, 5) is 14.0. The number of carbonyl (C=O) groups excluding carboxylic acids is 1. The molecule has 0 spiro atoms. The number of amides is 1. The lowest BCUT2D eigenvalue weighted by Gasteiger charge is -2.29. The van der Waals surface area contributed by atoms with Crippen LogP contribution in [0.1, 0.15) is 26.3 Å². The van der Waals surface area contributed by atoms with Crippen molar-refractivity contribution in [2.75, 3.05) is 13.2 Å². The molecule has 0 aliphatic carbocycles. The van der Waals surface area contributed by atoms with Gasteiger partial charge in [-0.3, -0.25) is 4.79 Å². The Morgan fingerprint density at radius 3 is 2.55 bits per heavy atom. The van der Waals surface area contributed by atoms with Gasteiger partial charge in [0.15, 0.2) is 5.57 Å². The first-order valence-corrected chi connectivity index (χ1v) is 7.15. The molecule has 0 aliphatic heterocycles. The van der Waals surface area contributed by atoms with E-state index >= 15 is 0 Å². The minimum Gasteiger partial charge on any atom is -0.500 e. The number of nitriles is 1. The zero-order valence-corrected chi connectivity index (χ0v) is 13.2. The van der Waals surface area contributed by atoms with Crippen molar-refractivity contribution in [1.29, 1.82) is 5.26 Å². The van der Waals surface area contributed by atoms with Gasteiger partial charge < -0.3 is 14.7 Å². The molecule has 1 amide bonds. The zero-order valence-electron chi connectivity index (χ0n) is 13.2. The summed E-state index contributed by atoms with van der Waals surface area (Å²) < 4.78 is 5.04. The minimum absolute atomic E-state index is 0.0815. The van der Waals surface area contributed by atoms with Gasteiger partial charge in [0.2, 0.25) is 0 Å². The van der Waals surface area contributed by atoms with E-state index in [9.17, 15) is 9.90 Å². The number of carbonyl (C=O) groups is 1. The summed E-state index contributed by atoms with van der Waals surface area (Å²) in [6, 6.07) is 11.3. The van der Waals surface area contributed by atoms with Crippen molar-refractivity contribution in [2.45, 2.75) is 32.9 Å². The maximum absolute atomic E-state index is 12.5. The lowest BCUT2D eigenvalue weighted by Crippen LogP contribution is -2.42. The fraction of sp³-hybridized carbons (Fsp3) is 0.412. The number of benzene rings is 1. The molecule has 5 nitrogen and oxygen atoms in total. The molecule has 118 valence electrons. The van der Waals surface area contributed by atoms with Crippen LogP contribution in [0.25, 0.3) is 0 Å². The van der Waals surface area contributed by atoms with Crippen LogP contribution in [0, 0.1) is 11.3 Å². The summed E-state index contributed by atoms with van der Waals surface area (Å²) in [5.41, 5.74) is -0.216. The third-order valence-electron chi connectivity index (χ3n) is 2.80. The van der Waals surface area contributed by atoms with Gasteiger partial charge in [-0.1, -0.05) is 30.3 Å². The predicted octanol–water partition coefficient (Wildman–Crippen LogP) is 2.23. The Morgan fingerprint density at radius 2 is 2.05 bits per heavy atom. The van der Waals surface area contributed by atoms with E-state index in [2.05, 4.69) is 0 Å². The zero-order chi connectivity index (χ0) is 16.6. The topological polar surface area (TPSA) is 73.6 Å². The molecular formula is C17H22N2O3. The molecule has 1 N–H and O–H groups in total. The molecule has 0 radical (unpaired) electrons. The van der Waals surface area contributed by atoms with Gasteiger partial charge in [-0.25, -0.2) is 0 Å². The van der Waals surface area contributed by atoms with Gasteiger partial charge in [0, 0.05) is 13.1 Å². The van der Waals surface area contributed by atoms with Crippen LogP contribution in [-0.4, -0.2) is 34.7 Å². The van der Waals surface area contributed by atoms with Crippen LogP contribution in [0.2, 0.25) is 0 Å². The summed E-state index contributed by atoms with van der Waals surface area (Å²) in [6.07, 6.45) is 1.17. The number of hydrogen-bond acceptors (Lipinski definition) is 4. The molecule has 0 saturated carbocycles. The molecule has 0 saturated heterocycles. The van der Waals surface area contributed by atoms with Crippen LogP contribution < -0.4 is 0 Å². The predicted molar refractivity (Wildman–Crippen MR) is 83.5 cm³/mol. The molecule has 0 aliphatic rings. The van der Waals surface area contributed by atoms with Crippen molar-refractivity contribution >= 4 is 5.91 Å². The smallest absolute Gasteiger partial charge is 0.268 e. The van der Waals surface area contributed by atoms with Gasteiger partial charge >= 0.3 is 0 Å². The quantitative estimate of drug-likeness (QED) is 0.476. The van der Waals surface area contributed by atoms with Crippen molar-refractivity contribution in [3.05, 3.63) is 47.7 Å². The van der Waals surface area contributed by atoms with E-state index in [1.807, 2.05) is 36.4 Å². The highest BCUT2D eigenvalue weighted by molar-refractivity contribution is 5.97. The molecule has 0 unspecified atom stereocenters. The van der Waals surface area contributed by atoms with Crippen LogP contribution in [0.3, 0.4) is 0 Å². The first-order valence-electron chi connectivity index (χ1n) is 7.15. The van der Waals surface area contributed by atoms with Crippen molar-refractivity contribution in [3.8, 4) is 6.07 Å². The van der Waals surface area contributed by atoms with Crippen molar-refractivity contribution in [1.82, 2.24) is 4.90 Å². The molecular weight excluding hydrogens is 280 g/mol. The standard InChI is InChI=1S/C17H22N2O3/c1-4-22-12-15(10-18)16(20)19(13-17(2,3)21)11-14-8-6-5-7-9-14/h5-9,12,21H,4,11,13H2,1-3H3/b15-12-. The van der Waals surface area contributed by atoms with E-state index in [4.69, 9.17) is 10.00 Å². The molecule has 0 atom stereocenters. The van der Waals surface area contributed by atoms with Crippen molar-refractivity contribution in [2.24, 2.45) is 0 Å². The number of nitrogens with zero attached hydrogens (tertiary/aromatic N) is 2. The van der Waals surface area contributed by atoms with Crippen molar-refractivity contribution < 1.29 is 14.6 Å². The van der Waals surface area contributed by atoms with Gasteiger partial charge in [0.1, 0.15) is 12.3 Å². The maximum Gasteiger partial charge on any atom is 0.268 e. The third kappa shape index (κ3) is 5.98. The fourth-order valence-electron chi connectivity index (χ4n) is 1.93. The number of rotatable bonds is 7. The van der Waals surface area contributed by atoms with E-state index in [1.165, 1.54) is 11.2 Å². The molecule has 0 aromatic heterocycles. The largest absolute Gasteiger partial charge is 0.500 e. The minimum atomic E-state index is -1.06. The van der Waals surface area contributed by atoms with E-state index in [-0.39, 0.29) is 12.1 Å².